The first-order valence-corrected chi connectivity index (χ1v) is 11.1. The molecule has 0 saturated carbocycles. The van der Waals surface area contributed by atoms with Crippen LogP contribution in [0.5, 0.6) is 11.5 Å². The Morgan fingerprint density at radius 2 is 1.94 bits per heavy atom. The lowest BCUT2D eigenvalue weighted by molar-refractivity contribution is 0.0531. The van der Waals surface area contributed by atoms with Gasteiger partial charge >= 0.3 is 0 Å². The summed E-state index contributed by atoms with van der Waals surface area (Å²) in [6, 6.07) is 15.4. The number of pyridine rings is 1. The maximum Gasteiger partial charge on any atom is 0.254 e. The molecule has 5 rings (SSSR count). The fourth-order valence-corrected chi connectivity index (χ4v) is 4.41. The number of fused-ring (bicyclic) bond motifs is 1. The Balaban J connectivity index is 1.26. The number of piperidine rings is 1. The maximum absolute atomic E-state index is 13.5. The van der Waals surface area contributed by atoms with Crippen molar-refractivity contribution in [1.29, 1.82) is 0 Å². The van der Waals surface area contributed by atoms with Crippen LogP contribution in [0.2, 0.25) is 0 Å². The molecule has 4 heterocycles. The average molecular weight is 434 g/mol. The topological polar surface area (TPSA) is 68.0 Å². The Morgan fingerprint density at radius 3 is 2.72 bits per heavy atom. The van der Waals surface area contributed by atoms with E-state index in [2.05, 4.69) is 16.0 Å². The minimum atomic E-state index is -0.00774. The summed E-state index contributed by atoms with van der Waals surface area (Å²) in [5, 5.41) is 0. The predicted molar refractivity (Wildman–Crippen MR) is 119 cm³/mol. The molecule has 0 spiro atoms. The van der Waals surface area contributed by atoms with E-state index in [1.54, 1.807) is 18.4 Å². The van der Waals surface area contributed by atoms with Gasteiger partial charge in [0, 0.05) is 49.6 Å². The number of rotatable bonds is 7. The van der Waals surface area contributed by atoms with Crippen molar-refractivity contribution in [2.45, 2.75) is 31.8 Å². The molecule has 1 aromatic carbocycles. The summed E-state index contributed by atoms with van der Waals surface area (Å²) in [6.07, 6.45) is 6.30. The zero-order valence-electron chi connectivity index (χ0n) is 18.0. The van der Waals surface area contributed by atoms with E-state index in [4.69, 9.17) is 13.9 Å². The molecule has 0 atom stereocenters. The average Bonchev–Trinajstić information content (AvgIpc) is 3.53. The van der Waals surface area contributed by atoms with E-state index in [1.807, 2.05) is 41.4 Å². The van der Waals surface area contributed by atoms with Gasteiger partial charge in [-0.15, -0.1) is 0 Å². The highest BCUT2D eigenvalue weighted by Crippen LogP contribution is 2.33. The summed E-state index contributed by atoms with van der Waals surface area (Å²) in [4.78, 5) is 22.4. The van der Waals surface area contributed by atoms with Crippen molar-refractivity contribution in [3.05, 3.63) is 78.0 Å². The van der Waals surface area contributed by atoms with Gasteiger partial charge < -0.3 is 23.7 Å². The van der Waals surface area contributed by atoms with Crippen LogP contribution >= 0.6 is 0 Å². The molecule has 7 nitrogen and oxygen atoms in total. The quantitative estimate of drug-likeness (QED) is 0.565. The lowest BCUT2D eigenvalue weighted by Crippen LogP contribution is -2.47. The highest BCUT2D eigenvalue weighted by Gasteiger charge is 2.30. The fourth-order valence-electron chi connectivity index (χ4n) is 4.41. The number of benzene rings is 1. The lowest BCUT2D eigenvalue weighted by Gasteiger charge is -2.38. The summed E-state index contributed by atoms with van der Waals surface area (Å²) in [6.45, 7) is 3.55. The normalized spacial score (nSPS) is 16.2. The highest BCUT2D eigenvalue weighted by molar-refractivity contribution is 5.95. The number of nitrogens with zero attached hydrogens (tertiary/aromatic N) is 3. The molecule has 166 valence electrons. The molecule has 0 N–H and O–H groups in total. The van der Waals surface area contributed by atoms with Gasteiger partial charge in [-0.1, -0.05) is 6.07 Å². The van der Waals surface area contributed by atoms with Crippen molar-refractivity contribution in [3.63, 3.8) is 0 Å². The third kappa shape index (κ3) is 4.62. The minimum absolute atomic E-state index is 0.00774. The predicted octanol–water partition coefficient (Wildman–Crippen LogP) is 3.75. The second kappa shape index (κ2) is 9.44. The van der Waals surface area contributed by atoms with Gasteiger partial charge in [0.2, 0.25) is 6.79 Å². The first-order valence-electron chi connectivity index (χ1n) is 11.1. The van der Waals surface area contributed by atoms with Gasteiger partial charge in [0.1, 0.15) is 5.76 Å². The van der Waals surface area contributed by atoms with Gasteiger partial charge in [0.15, 0.2) is 11.5 Å². The van der Waals surface area contributed by atoms with Crippen molar-refractivity contribution in [2.24, 2.45) is 0 Å². The number of amides is 1. The number of ether oxygens (including phenoxy) is 2. The Labute approximate surface area is 187 Å². The van der Waals surface area contributed by atoms with Crippen molar-refractivity contribution in [3.8, 4) is 11.5 Å². The Morgan fingerprint density at radius 1 is 1.06 bits per heavy atom. The third-order valence-corrected chi connectivity index (χ3v) is 6.19. The number of likely N-dealkylation sites (tertiary alicyclic amines) is 1. The largest absolute Gasteiger partial charge is 0.467 e. The first kappa shape index (κ1) is 20.6. The molecule has 0 aliphatic carbocycles. The van der Waals surface area contributed by atoms with E-state index in [0.717, 1.165) is 50.4 Å². The first-order chi connectivity index (χ1) is 15.8. The molecule has 0 bridgehead atoms. The Hall–Kier alpha value is -3.32. The van der Waals surface area contributed by atoms with Crippen molar-refractivity contribution in [1.82, 2.24) is 14.8 Å². The number of aromatic nitrogens is 1. The molecule has 2 aliphatic rings. The van der Waals surface area contributed by atoms with Crippen LogP contribution in [-0.2, 0) is 13.0 Å². The van der Waals surface area contributed by atoms with Crippen LogP contribution in [0.1, 0.15) is 34.7 Å². The van der Waals surface area contributed by atoms with Gasteiger partial charge in [-0.25, -0.2) is 0 Å². The molecule has 32 heavy (non-hydrogen) atoms. The lowest BCUT2D eigenvalue weighted by atomic mass is 10.0. The van der Waals surface area contributed by atoms with Crippen LogP contribution in [0.15, 0.2) is 65.4 Å². The standard InChI is InChI=1S/C25H27N3O4/c29-25(19-6-7-23-24(16-19)32-18-31-23)28(17-22-5-3-15-30-22)21-9-13-27(14-10-21)12-8-20-4-1-2-11-26-20/h1-7,11,15-16,21H,8-10,12-14,17-18H2. The maximum atomic E-state index is 13.5. The zero-order valence-corrected chi connectivity index (χ0v) is 18.0. The van der Waals surface area contributed by atoms with Crippen molar-refractivity contribution in [2.75, 3.05) is 26.4 Å². The van der Waals surface area contributed by atoms with E-state index >= 15 is 0 Å². The van der Waals surface area contributed by atoms with Gasteiger partial charge in [-0.3, -0.25) is 9.78 Å². The summed E-state index contributed by atoms with van der Waals surface area (Å²) in [5.41, 5.74) is 1.73. The molecule has 2 aliphatic heterocycles. The molecule has 1 saturated heterocycles. The smallest absolute Gasteiger partial charge is 0.254 e. The van der Waals surface area contributed by atoms with E-state index in [1.165, 1.54) is 0 Å². The van der Waals surface area contributed by atoms with Crippen LogP contribution in [0.25, 0.3) is 0 Å². The van der Waals surface area contributed by atoms with Crippen LogP contribution in [0.3, 0.4) is 0 Å². The van der Waals surface area contributed by atoms with E-state index in [9.17, 15) is 4.79 Å². The van der Waals surface area contributed by atoms with E-state index in [0.29, 0.717) is 23.6 Å². The number of carbonyl (C=O) groups is 1. The molecular weight excluding hydrogens is 406 g/mol. The monoisotopic (exact) mass is 433 g/mol. The Kier molecular flexibility index (Phi) is 6.07. The van der Waals surface area contributed by atoms with Crippen LogP contribution < -0.4 is 9.47 Å². The van der Waals surface area contributed by atoms with E-state index < -0.39 is 0 Å². The summed E-state index contributed by atoms with van der Waals surface area (Å²) in [7, 11) is 0. The van der Waals surface area contributed by atoms with Crippen LogP contribution in [0, 0.1) is 0 Å². The van der Waals surface area contributed by atoms with Crippen molar-refractivity contribution >= 4 is 5.91 Å². The summed E-state index contributed by atoms with van der Waals surface area (Å²) >= 11 is 0. The fraction of sp³-hybridized carbons (Fsp3) is 0.360. The third-order valence-electron chi connectivity index (χ3n) is 6.19. The summed E-state index contributed by atoms with van der Waals surface area (Å²) < 4.78 is 16.4. The Bertz CT molecular complexity index is 1030. The molecule has 2 aromatic heterocycles. The van der Waals surface area contributed by atoms with Crippen molar-refractivity contribution < 1.29 is 18.7 Å². The second-order valence-corrected chi connectivity index (χ2v) is 8.22. The number of carbonyl (C=O) groups excluding carboxylic acids is 1. The summed E-state index contributed by atoms with van der Waals surface area (Å²) in [5.74, 6) is 2.08. The SMILES string of the molecule is O=C(c1ccc2c(c1)OCO2)N(Cc1ccco1)C1CCN(CCc2ccccn2)CC1. The van der Waals surface area contributed by atoms with Gasteiger partial charge in [-0.2, -0.15) is 0 Å². The number of hydrogen-bond donors (Lipinski definition) is 0. The molecule has 1 amide bonds. The molecule has 0 unspecified atom stereocenters. The van der Waals surface area contributed by atoms with Gasteiger partial charge in [0.05, 0.1) is 12.8 Å². The van der Waals surface area contributed by atoms with Crippen LogP contribution in [-0.4, -0.2) is 53.2 Å². The zero-order chi connectivity index (χ0) is 21.8. The molecule has 1 fully saturated rings. The number of furan rings is 1. The molecule has 3 aromatic rings. The van der Waals surface area contributed by atoms with Gasteiger partial charge in [0.25, 0.3) is 5.91 Å². The minimum Gasteiger partial charge on any atom is -0.467 e. The van der Waals surface area contributed by atoms with Crippen LogP contribution in [0.4, 0.5) is 0 Å². The van der Waals surface area contributed by atoms with E-state index in [-0.39, 0.29) is 18.7 Å². The molecule has 7 heteroatoms. The second-order valence-electron chi connectivity index (χ2n) is 8.22. The van der Waals surface area contributed by atoms with Gasteiger partial charge in [-0.05, 0) is 55.3 Å². The highest BCUT2D eigenvalue weighted by atomic mass is 16.7. The molecular formula is C25H27N3O4. The molecule has 0 radical (unpaired) electrons. The number of hydrogen-bond acceptors (Lipinski definition) is 6.